The molecule has 1 unspecified atom stereocenters. The summed E-state index contributed by atoms with van der Waals surface area (Å²) in [5.74, 6) is 0.472. The Kier molecular flexibility index (Phi) is 4.49. The van der Waals surface area contributed by atoms with Crippen LogP contribution in [0.4, 0.5) is 0 Å². The molecule has 77 valence electrons. The van der Waals surface area contributed by atoms with Crippen molar-refractivity contribution in [2.75, 3.05) is 0 Å². The van der Waals surface area contributed by atoms with Gasteiger partial charge in [-0.05, 0) is 36.9 Å². The smallest absolute Gasteiger partial charge is 0.147 e. The second-order valence-electron chi connectivity index (χ2n) is 3.80. The second kappa shape index (κ2) is 5.20. The van der Waals surface area contributed by atoms with E-state index in [1.807, 2.05) is 0 Å². The minimum absolute atomic E-state index is 0.472. The van der Waals surface area contributed by atoms with Gasteiger partial charge in [-0.2, -0.15) is 0 Å². The van der Waals surface area contributed by atoms with Gasteiger partial charge in [0.05, 0.1) is 0 Å². The van der Waals surface area contributed by atoms with Crippen molar-refractivity contribution in [3.8, 4) is 0 Å². The standard InChI is InChI=1S/C11H15Cl2Si/c1-8-4-5-11(9(2)6-8)10(3)7-14(12)13/h4-6,10H,7H2,1-3H3. The Labute approximate surface area is 97.3 Å². The summed E-state index contributed by atoms with van der Waals surface area (Å²) in [4.78, 5) is 0. The van der Waals surface area contributed by atoms with Crippen LogP contribution in [0.3, 0.4) is 0 Å². The van der Waals surface area contributed by atoms with Crippen molar-refractivity contribution in [3.05, 3.63) is 34.9 Å². The molecule has 1 atom stereocenters. The van der Waals surface area contributed by atoms with E-state index in [4.69, 9.17) is 22.2 Å². The zero-order valence-electron chi connectivity index (χ0n) is 8.77. The van der Waals surface area contributed by atoms with Crippen LogP contribution in [0.15, 0.2) is 18.2 Å². The minimum atomic E-state index is -1.16. The lowest BCUT2D eigenvalue weighted by molar-refractivity contribution is 0.850. The Hall–Kier alpha value is 0.0169. The first-order chi connectivity index (χ1) is 6.50. The van der Waals surface area contributed by atoms with Crippen LogP contribution < -0.4 is 0 Å². The maximum absolute atomic E-state index is 5.87. The molecule has 0 spiro atoms. The molecule has 14 heavy (non-hydrogen) atoms. The van der Waals surface area contributed by atoms with E-state index in [0.29, 0.717) is 5.92 Å². The summed E-state index contributed by atoms with van der Waals surface area (Å²) < 4.78 is 0. The van der Waals surface area contributed by atoms with E-state index < -0.39 is 7.42 Å². The second-order valence-corrected chi connectivity index (χ2v) is 8.21. The predicted octanol–water partition coefficient (Wildman–Crippen LogP) is 4.37. The van der Waals surface area contributed by atoms with Crippen LogP contribution in [0, 0.1) is 13.8 Å². The average Bonchev–Trinajstić information content (AvgIpc) is 2.01. The summed E-state index contributed by atoms with van der Waals surface area (Å²) in [5.41, 5.74) is 4.02. The molecule has 0 saturated carbocycles. The quantitative estimate of drug-likeness (QED) is 0.548. The summed E-state index contributed by atoms with van der Waals surface area (Å²) in [6.07, 6.45) is 0. The molecule has 0 saturated heterocycles. The van der Waals surface area contributed by atoms with Crippen LogP contribution in [0.2, 0.25) is 6.04 Å². The number of hydrogen-bond acceptors (Lipinski definition) is 0. The summed E-state index contributed by atoms with van der Waals surface area (Å²) in [6, 6.07) is 7.46. The Morgan fingerprint density at radius 1 is 1.29 bits per heavy atom. The maximum Gasteiger partial charge on any atom is 0.274 e. The highest BCUT2D eigenvalue weighted by molar-refractivity contribution is 7.33. The molecule has 0 heterocycles. The molecular formula is C11H15Cl2Si. The number of halogens is 2. The van der Waals surface area contributed by atoms with Crippen LogP contribution in [-0.2, 0) is 0 Å². The predicted molar refractivity (Wildman–Crippen MR) is 66.6 cm³/mol. The van der Waals surface area contributed by atoms with E-state index in [1.54, 1.807) is 0 Å². The molecule has 0 nitrogen and oxygen atoms in total. The third kappa shape index (κ3) is 3.30. The molecule has 0 aliphatic rings. The van der Waals surface area contributed by atoms with E-state index in [1.165, 1.54) is 16.7 Å². The average molecular weight is 246 g/mol. The lowest BCUT2D eigenvalue weighted by Crippen LogP contribution is -2.03. The lowest BCUT2D eigenvalue weighted by Gasteiger charge is -2.14. The van der Waals surface area contributed by atoms with E-state index in [9.17, 15) is 0 Å². The first-order valence-corrected chi connectivity index (χ1v) is 8.47. The van der Waals surface area contributed by atoms with Crippen LogP contribution in [-0.4, -0.2) is 7.42 Å². The molecule has 0 fully saturated rings. The highest BCUT2D eigenvalue weighted by atomic mass is 35.7. The fraction of sp³-hybridized carbons (Fsp3) is 0.455. The van der Waals surface area contributed by atoms with Crippen molar-refractivity contribution in [1.82, 2.24) is 0 Å². The number of aryl methyl sites for hydroxylation is 2. The monoisotopic (exact) mass is 245 g/mol. The first kappa shape index (κ1) is 12.1. The van der Waals surface area contributed by atoms with Crippen LogP contribution in [0.5, 0.6) is 0 Å². The molecule has 0 aliphatic carbocycles. The fourth-order valence-electron chi connectivity index (χ4n) is 1.72. The van der Waals surface area contributed by atoms with Crippen molar-refractivity contribution < 1.29 is 0 Å². The summed E-state index contributed by atoms with van der Waals surface area (Å²) >= 11 is 11.7. The zero-order valence-corrected chi connectivity index (χ0v) is 11.3. The van der Waals surface area contributed by atoms with Crippen molar-refractivity contribution >= 4 is 29.6 Å². The fourth-order valence-corrected chi connectivity index (χ4v) is 3.79. The van der Waals surface area contributed by atoms with Gasteiger partial charge in [-0.15, -0.1) is 22.2 Å². The Morgan fingerprint density at radius 2 is 1.93 bits per heavy atom. The number of benzene rings is 1. The van der Waals surface area contributed by atoms with Crippen LogP contribution >= 0.6 is 22.2 Å². The van der Waals surface area contributed by atoms with Crippen LogP contribution in [0.1, 0.15) is 29.5 Å². The van der Waals surface area contributed by atoms with Gasteiger partial charge >= 0.3 is 0 Å². The molecule has 0 aliphatic heterocycles. The zero-order chi connectivity index (χ0) is 10.7. The normalized spacial score (nSPS) is 13.3. The van der Waals surface area contributed by atoms with E-state index in [0.717, 1.165) is 6.04 Å². The highest BCUT2D eigenvalue weighted by Gasteiger charge is 2.14. The minimum Gasteiger partial charge on any atom is -0.147 e. The van der Waals surface area contributed by atoms with Gasteiger partial charge in [-0.3, -0.25) is 0 Å². The summed E-state index contributed by atoms with van der Waals surface area (Å²) in [5, 5.41) is 0. The molecule has 1 rings (SSSR count). The van der Waals surface area contributed by atoms with Gasteiger partial charge in [0.25, 0.3) is 7.42 Å². The topological polar surface area (TPSA) is 0 Å². The van der Waals surface area contributed by atoms with Gasteiger partial charge < -0.3 is 0 Å². The first-order valence-electron chi connectivity index (χ1n) is 4.74. The lowest BCUT2D eigenvalue weighted by atomic mass is 9.96. The number of rotatable bonds is 3. The molecule has 3 heteroatoms. The maximum atomic E-state index is 5.87. The largest absolute Gasteiger partial charge is 0.274 e. The molecular weight excluding hydrogens is 231 g/mol. The van der Waals surface area contributed by atoms with Crippen molar-refractivity contribution in [3.63, 3.8) is 0 Å². The van der Waals surface area contributed by atoms with Gasteiger partial charge in [-0.25, -0.2) is 0 Å². The highest BCUT2D eigenvalue weighted by Crippen LogP contribution is 2.26. The van der Waals surface area contributed by atoms with Gasteiger partial charge in [0.2, 0.25) is 0 Å². The molecule has 1 aromatic carbocycles. The molecule has 1 radical (unpaired) electrons. The van der Waals surface area contributed by atoms with Crippen molar-refractivity contribution in [1.29, 1.82) is 0 Å². The van der Waals surface area contributed by atoms with Gasteiger partial charge in [0, 0.05) is 0 Å². The number of hydrogen-bond donors (Lipinski definition) is 0. The summed E-state index contributed by atoms with van der Waals surface area (Å²) in [7, 11) is -1.16. The third-order valence-electron chi connectivity index (χ3n) is 2.42. The van der Waals surface area contributed by atoms with Gasteiger partial charge in [-0.1, -0.05) is 30.7 Å². The van der Waals surface area contributed by atoms with Crippen LogP contribution in [0.25, 0.3) is 0 Å². The summed E-state index contributed by atoms with van der Waals surface area (Å²) in [6.45, 7) is 6.45. The molecule has 1 aromatic rings. The van der Waals surface area contributed by atoms with E-state index in [-0.39, 0.29) is 0 Å². The van der Waals surface area contributed by atoms with E-state index in [2.05, 4.69) is 39.0 Å². The SMILES string of the molecule is Cc1ccc(C(C)C[Si](Cl)Cl)c(C)c1. The molecule has 0 amide bonds. The Bertz CT molecular complexity index is 310. The van der Waals surface area contributed by atoms with Gasteiger partial charge in [0.15, 0.2) is 0 Å². The Morgan fingerprint density at radius 3 is 2.43 bits per heavy atom. The van der Waals surface area contributed by atoms with E-state index >= 15 is 0 Å². The van der Waals surface area contributed by atoms with Gasteiger partial charge in [0.1, 0.15) is 0 Å². The van der Waals surface area contributed by atoms with Crippen molar-refractivity contribution in [2.45, 2.75) is 32.7 Å². The molecule has 0 N–H and O–H groups in total. The van der Waals surface area contributed by atoms with Crippen molar-refractivity contribution in [2.24, 2.45) is 0 Å². The third-order valence-corrected chi connectivity index (χ3v) is 4.26. The molecule has 0 bridgehead atoms. The molecule has 0 aromatic heterocycles. The Balaban J connectivity index is 2.84.